The van der Waals surface area contributed by atoms with Gasteiger partial charge in [0.1, 0.15) is 0 Å². The smallest absolute Gasteiger partial charge is 0.0943 e. The minimum atomic E-state index is -0.101. The number of halogens is 1. The molecule has 2 N–H and O–H groups in total. The van der Waals surface area contributed by atoms with Crippen LogP contribution >= 0.6 is 15.9 Å². The molecule has 1 rings (SSSR count). The molecule has 0 aromatic rings. The van der Waals surface area contributed by atoms with Crippen molar-refractivity contribution in [3.63, 3.8) is 0 Å². The second-order valence-electron chi connectivity index (χ2n) is 6.07. The first kappa shape index (κ1) is 15.9. The molecule has 0 amide bonds. The number of hydrogen-bond acceptors (Lipinski definition) is 3. The molecule has 0 saturated carbocycles. The number of nitrogens with two attached hydrogens (primary N) is 1. The van der Waals surface area contributed by atoms with E-state index in [1.165, 1.54) is 0 Å². The Kier molecular flexibility index (Phi) is 5.56. The van der Waals surface area contributed by atoms with Crippen molar-refractivity contribution >= 4 is 21.6 Å². The standard InChI is InChI=1S/C14H25BrN2O/c1-13(2)8-11(9-14(3,4)18-13)12(17-10-15)6-5-7-16/h5-6,11H,7-10,16H2,1-4H3/b6-5-,17-12?. The van der Waals surface area contributed by atoms with Gasteiger partial charge < -0.3 is 10.5 Å². The summed E-state index contributed by atoms with van der Waals surface area (Å²) in [5.41, 5.74) is 7.09. The minimum absolute atomic E-state index is 0.101. The van der Waals surface area contributed by atoms with Gasteiger partial charge in [-0.1, -0.05) is 22.0 Å². The molecule has 0 radical (unpaired) electrons. The fourth-order valence-electron chi connectivity index (χ4n) is 2.88. The molecular formula is C14H25BrN2O. The van der Waals surface area contributed by atoms with Crippen molar-refractivity contribution in [3.05, 3.63) is 12.2 Å². The van der Waals surface area contributed by atoms with E-state index in [0.29, 0.717) is 17.9 Å². The maximum Gasteiger partial charge on any atom is 0.0943 e. The maximum absolute atomic E-state index is 6.11. The van der Waals surface area contributed by atoms with Gasteiger partial charge in [0, 0.05) is 18.2 Å². The molecule has 0 aliphatic carbocycles. The van der Waals surface area contributed by atoms with Gasteiger partial charge in [0.2, 0.25) is 0 Å². The predicted octanol–water partition coefficient (Wildman–Crippen LogP) is 3.28. The number of ether oxygens (including phenoxy) is 1. The summed E-state index contributed by atoms with van der Waals surface area (Å²) in [7, 11) is 0. The zero-order chi connectivity index (χ0) is 13.8. The number of rotatable bonds is 4. The van der Waals surface area contributed by atoms with E-state index >= 15 is 0 Å². The third-order valence-corrected chi connectivity index (χ3v) is 3.36. The predicted molar refractivity (Wildman–Crippen MR) is 81.4 cm³/mol. The van der Waals surface area contributed by atoms with Crippen LogP contribution in [0.1, 0.15) is 40.5 Å². The van der Waals surface area contributed by atoms with E-state index in [2.05, 4.69) is 54.7 Å². The highest BCUT2D eigenvalue weighted by atomic mass is 79.9. The molecule has 18 heavy (non-hydrogen) atoms. The van der Waals surface area contributed by atoms with Crippen LogP contribution in [-0.4, -0.2) is 28.9 Å². The molecule has 0 bridgehead atoms. The van der Waals surface area contributed by atoms with E-state index < -0.39 is 0 Å². The molecule has 0 atom stereocenters. The van der Waals surface area contributed by atoms with Crippen LogP contribution in [-0.2, 0) is 4.74 Å². The molecule has 1 aliphatic rings. The molecule has 0 unspecified atom stereocenters. The summed E-state index contributed by atoms with van der Waals surface area (Å²) in [6, 6.07) is 0. The fourth-order valence-corrected chi connectivity index (χ4v) is 3.16. The second kappa shape index (κ2) is 6.31. The Hall–Kier alpha value is -0.190. The fraction of sp³-hybridized carbons (Fsp3) is 0.786. The number of allylic oxidation sites excluding steroid dienone is 1. The third kappa shape index (κ3) is 4.82. The molecule has 0 spiro atoms. The SMILES string of the molecule is CC1(C)CC(C(/C=C\CN)=NCBr)CC(C)(C)O1. The Balaban J connectivity index is 2.91. The molecule has 3 nitrogen and oxygen atoms in total. The molecule has 1 heterocycles. The Labute approximate surface area is 119 Å². The summed E-state index contributed by atoms with van der Waals surface area (Å²) >= 11 is 3.38. The maximum atomic E-state index is 6.11. The minimum Gasteiger partial charge on any atom is -0.370 e. The molecule has 1 saturated heterocycles. The van der Waals surface area contributed by atoms with E-state index in [0.717, 1.165) is 18.6 Å². The van der Waals surface area contributed by atoms with Crippen molar-refractivity contribution in [3.8, 4) is 0 Å². The van der Waals surface area contributed by atoms with Crippen molar-refractivity contribution in [1.29, 1.82) is 0 Å². The largest absolute Gasteiger partial charge is 0.370 e. The summed E-state index contributed by atoms with van der Waals surface area (Å²) in [4.78, 5) is 4.55. The highest BCUT2D eigenvalue weighted by Gasteiger charge is 2.40. The van der Waals surface area contributed by atoms with Crippen LogP contribution in [0.15, 0.2) is 17.1 Å². The summed E-state index contributed by atoms with van der Waals surface area (Å²) < 4.78 is 6.11. The molecule has 104 valence electrons. The molecule has 0 aromatic heterocycles. The number of hydrogen-bond donors (Lipinski definition) is 1. The zero-order valence-corrected chi connectivity index (χ0v) is 13.5. The average molecular weight is 317 g/mol. The highest BCUT2D eigenvalue weighted by molar-refractivity contribution is 9.09. The van der Waals surface area contributed by atoms with E-state index in [1.807, 2.05) is 6.08 Å². The Bertz CT molecular complexity index is 319. The van der Waals surface area contributed by atoms with Gasteiger partial charge in [-0.2, -0.15) is 0 Å². The van der Waals surface area contributed by atoms with Crippen LogP contribution in [0.2, 0.25) is 0 Å². The van der Waals surface area contributed by atoms with Crippen LogP contribution in [0.4, 0.5) is 0 Å². The van der Waals surface area contributed by atoms with E-state index in [-0.39, 0.29) is 11.2 Å². The van der Waals surface area contributed by atoms with Gasteiger partial charge in [0.15, 0.2) is 0 Å². The van der Waals surface area contributed by atoms with Gasteiger partial charge in [0.25, 0.3) is 0 Å². The highest BCUT2D eigenvalue weighted by Crippen LogP contribution is 2.39. The average Bonchev–Trinajstić information content (AvgIpc) is 2.19. The van der Waals surface area contributed by atoms with Gasteiger partial charge in [-0.05, 0) is 46.6 Å². The topological polar surface area (TPSA) is 47.6 Å². The summed E-state index contributed by atoms with van der Waals surface area (Å²) in [6.45, 7) is 9.16. The van der Waals surface area contributed by atoms with Gasteiger partial charge in [-0.3, -0.25) is 4.99 Å². The lowest BCUT2D eigenvalue weighted by atomic mass is 9.78. The van der Waals surface area contributed by atoms with Crippen molar-refractivity contribution in [2.75, 3.05) is 12.0 Å². The lowest BCUT2D eigenvalue weighted by molar-refractivity contribution is -0.163. The second-order valence-corrected chi connectivity index (χ2v) is 6.57. The quantitative estimate of drug-likeness (QED) is 0.491. The van der Waals surface area contributed by atoms with Gasteiger partial charge in [0.05, 0.1) is 16.7 Å². The lowest BCUT2D eigenvalue weighted by Crippen LogP contribution is -2.47. The van der Waals surface area contributed by atoms with Crippen molar-refractivity contribution in [1.82, 2.24) is 0 Å². The Morgan fingerprint density at radius 1 is 1.33 bits per heavy atom. The van der Waals surface area contributed by atoms with Crippen LogP contribution in [0.3, 0.4) is 0 Å². The van der Waals surface area contributed by atoms with Gasteiger partial charge in [-0.25, -0.2) is 0 Å². The normalized spacial score (nSPS) is 24.7. The van der Waals surface area contributed by atoms with E-state index in [4.69, 9.17) is 10.5 Å². The summed E-state index contributed by atoms with van der Waals surface area (Å²) in [5.74, 6) is 0.434. The van der Waals surface area contributed by atoms with E-state index in [1.54, 1.807) is 0 Å². The molecule has 1 fully saturated rings. The van der Waals surface area contributed by atoms with E-state index in [9.17, 15) is 0 Å². The number of nitrogens with zero attached hydrogens (tertiary/aromatic N) is 1. The van der Waals surface area contributed by atoms with Crippen molar-refractivity contribution in [2.24, 2.45) is 16.6 Å². The number of aliphatic imine (C=N–C) groups is 1. The first-order chi connectivity index (χ1) is 8.29. The van der Waals surface area contributed by atoms with Crippen LogP contribution < -0.4 is 5.73 Å². The van der Waals surface area contributed by atoms with Crippen LogP contribution in [0.5, 0.6) is 0 Å². The zero-order valence-electron chi connectivity index (χ0n) is 11.9. The molecule has 1 aliphatic heterocycles. The third-order valence-electron chi connectivity index (χ3n) is 3.11. The first-order valence-corrected chi connectivity index (χ1v) is 7.59. The lowest BCUT2D eigenvalue weighted by Gasteiger charge is -2.45. The molecule has 0 aromatic carbocycles. The Morgan fingerprint density at radius 3 is 2.33 bits per heavy atom. The Morgan fingerprint density at radius 2 is 1.89 bits per heavy atom. The number of alkyl halides is 1. The summed E-state index contributed by atoms with van der Waals surface area (Å²) in [6.07, 6.45) is 6.02. The van der Waals surface area contributed by atoms with Gasteiger partial charge in [-0.15, -0.1) is 0 Å². The summed E-state index contributed by atoms with van der Waals surface area (Å²) in [5, 5.41) is 0. The molecular weight excluding hydrogens is 292 g/mol. The monoisotopic (exact) mass is 316 g/mol. The van der Waals surface area contributed by atoms with Crippen molar-refractivity contribution < 1.29 is 4.74 Å². The van der Waals surface area contributed by atoms with Gasteiger partial charge >= 0.3 is 0 Å². The molecule has 4 heteroatoms. The first-order valence-electron chi connectivity index (χ1n) is 6.47. The van der Waals surface area contributed by atoms with Crippen LogP contribution in [0.25, 0.3) is 0 Å². The van der Waals surface area contributed by atoms with Crippen LogP contribution in [0, 0.1) is 5.92 Å². The van der Waals surface area contributed by atoms with Crippen molar-refractivity contribution in [2.45, 2.75) is 51.7 Å².